The molecule has 0 saturated heterocycles. The molecule has 3 N–H and O–H groups in total. The second-order valence-corrected chi connectivity index (χ2v) is 7.60. The number of esters is 1. The number of urea groups is 1. The van der Waals surface area contributed by atoms with Gasteiger partial charge in [0.15, 0.2) is 0 Å². The van der Waals surface area contributed by atoms with E-state index in [9.17, 15) is 14.4 Å². The largest absolute Gasteiger partial charge is 0.465 e. The normalized spacial score (nSPS) is 10.7. The van der Waals surface area contributed by atoms with Crippen molar-refractivity contribution in [3.63, 3.8) is 0 Å². The van der Waals surface area contributed by atoms with Gasteiger partial charge in [-0.15, -0.1) is 0 Å². The molecule has 0 aliphatic rings. The van der Waals surface area contributed by atoms with E-state index in [-0.39, 0.29) is 0 Å². The van der Waals surface area contributed by atoms with Gasteiger partial charge in [-0.3, -0.25) is 0 Å². The molecule has 0 spiro atoms. The van der Waals surface area contributed by atoms with Crippen molar-refractivity contribution < 1.29 is 23.9 Å². The third kappa shape index (κ3) is 6.80. The summed E-state index contributed by atoms with van der Waals surface area (Å²) in [5.41, 5.74) is 2.39. The van der Waals surface area contributed by atoms with Crippen LogP contribution in [0.15, 0.2) is 42.5 Å². The number of methoxy groups -OCH3 is 1. The van der Waals surface area contributed by atoms with Crippen LogP contribution in [0.5, 0.6) is 0 Å². The molecule has 30 heavy (non-hydrogen) atoms. The maximum Gasteiger partial charge on any atom is 0.407 e. The molecule has 8 nitrogen and oxygen atoms in total. The van der Waals surface area contributed by atoms with Crippen LogP contribution in [0, 0.1) is 6.92 Å². The smallest absolute Gasteiger partial charge is 0.407 e. The molecule has 3 amide bonds. The number of benzene rings is 2. The van der Waals surface area contributed by atoms with Gasteiger partial charge >= 0.3 is 18.1 Å². The summed E-state index contributed by atoms with van der Waals surface area (Å²) in [5.74, 6) is -0.466. The minimum Gasteiger partial charge on any atom is -0.465 e. The van der Waals surface area contributed by atoms with Crippen LogP contribution >= 0.6 is 0 Å². The number of hydrogen-bond acceptors (Lipinski definition) is 5. The Morgan fingerprint density at radius 3 is 2.23 bits per heavy atom. The molecule has 8 heteroatoms. The van der Waals surface area contributed by atoms with Gasteiger partial charge in [0.05, 0.1) is 12.7 Å². The molecule has 0 saturated carbocycles. The topological polar surface area (TPSA) is 106 Å². The molecule has 0 heterocycles. The van der Waals surface area contributed by atoms with Crippen molar-refractivity contribution in [2.45, 2.75) is 39.8 Å². The number of nitrogens with one attached hydrogen (secondary N) is 3. The molecule has 0 atom stereocenters. The quantitative estimate of drug-likeness (QED) is 0.628. The van der Waals surface area contributed by atoms with Crippen molar-refractivity contribution in [2.75, 3.05) is 17.7 Å². The van der Waals surface area contributed by atoms with Crippen molar-refractivity contribution >= 4 is 29.5 Å². The van der Waals surface area contributed by atoms with E-state index in [0.29, 0.717) is 29.0 Å². The standard InChI is InChI=1S/C22H27N3O5/c1-14-17(19(26)29-5)7-6-8-18(14)25-20(27)24-16-11-9-15(10-12-16)13-23-21(28)30-22(2,3)4/h6-12H,13H2,1-5H3,(H,23,28)(H2,24,25,27). The number of amides is 3. The number of anilines is 2. The fourth-order valence-electron chi connectivity index (χ4n) is 2.58. The summed E-state index contributed by atoms with van der Waals surface area (Å²) in [7, 11) is 1.31. The van der Waals surface area contributed by atoms with Gasteiger partial charge in [-0.1, -0.05) is 18.2 Å². The van der Waals surface area contributed by atoms with Crippen LogP contribution < -0.4 is 16.0 Å². The van der Waals surface area contributed by atoms with E-state index in [1.165, 1.54) is 7.11 Å². The van der Waals surface area contributed by atoms with E-state index in [1.807, 2.05) is 0 Å². The third-order valence-electron chi connectivity index (χ3n) is 4.03. The van der Waals surface area contributed by atoms with Gasteiger partial charge in [-0.05, 0) is 63.1 Å². The van der Waals surface area contributed by atoms with Crippen LogP contribution in [-0.4, -0.2) is 30.8 Å². The van der Waals surface area contributed by atoms with Crippen LogP contribution in [0.3, 0.4) is 0 Å². The van der Waals surface area contributed by atoms with Gasteiger partial charge in [0.25, 0.3) is 0 Å². The molecule has 0 unspecified atom stereocenters. The predicted molar refractivity (Wildman–Crippen MR) is 115 cm³/mol. The summed E-state index contributed by atoms with van der Waals surface area (Å²) in [5, 5.41) is 8.12. The minimum atomic E-state index is -0.556. The van der Waals surface area contributed by atoms with Crippen LogP contribution in [-0.2, 0) is 16.0 Å². The Kier molecular flexibility index (Phi) is 7.41. The molecule has 0 radical (unpaired) electrons. The van der Waals surface area contributed by atoms with Crippen molar-refractivity contribution in [1.82, 2.24) is 5.32 Å². The summed E-state index contributed by atoms with van der Waals surface area (Å²) in [4.78, 5) is 35.8. The third-order valence-corrected chi connectivity index (χ3v) is 4.03. The molecule has 0 aliphatic carbocycles. The average Bonchev–Trinajstić information content (AvgIpc) is 2.67. The Morgan fingerprint density at radius 1 is 0.967 bits per heavy atom. The lowest BCUT2D eigenvalue weighted by molar-refractivity contribution is 0.0522. The zero-order valence-electron chi connectivity index (χ0n) is 17.8. The van der Waals surface area contributed by atoms with Crippen molar-refractivity contribution in [3.8, 4) is 0 Å². The number of carbonyl (C=O) groups excluding carboxylic acids is 3. The summed E-state index contributed by atoms with van der Waals surface area (Å²) >= 11 is 0. The summed E-state index contributed by atoms with van der Waals surface area (Å²) in [6.45, 7) is 7.43. The first-order valence-electron chi connectivity index (χ1n) is 9.41. The van der Waals surface area contributed by atoms with Crippen molar-refractivity contribution in [3.05, 3.63) is 59.2 Å². The molecule has 2 aromatic rings. The van der Waals surface area contributed by atoms with E-state index in [4.69, 9.17) is 9.47 Å². The summed E-state index contributed by atoms with van der Waals surface area (Å²) in [6, 6.07) is 11.6. The van der Waals surface area contributed by atoms with E-state index >= 15 is 0 Å². The number of hydrogen-bond donors (Lipinski definition) is 3. The number of rotatable bonds is 5. The number of carbonyl (C=O) groups is 3. The highest BCUT2D eigenvalue weighted by atomic mass is 16.6. The first-order chi connectivity index (χ1) is 14.1. The molecule has 0 aromatic heterocycles. The highest BCUT2D eigenvalue weighted by molar-refractivity contribution is 6.01. The van der Waals surface area contributed by atoms with Crippen LogP contribution in [0.2, 0.25) is 0 Å². The second-order valence-electron chi connectivity index (χ2n) is 7.60. The summed E-state index contributed by atoms with van der Waals surface area (Å²) < 4.78 is 9.93. The molecular formula is C22H27N3O5. The van der Waals surface area contributed by atoms with E-state index in [1.54, 1.807) is 70.2 Å². The zero-order valence-corrected chi connectivity index (χ0v) is 17.8. The predicted octanol–water partition coefficient (Wildman–Crippen LogP) is 4.45. The SMILES string of the molecule is COC(=O)c1cccc(NC(=O)Nc2ccc(CNC(=O)OC(C)(C)C)cc2)c1C. The van der Waals surface area contributed by atoms with E-state index in [2.05, 4.69) is 16.0 Å². The Bertz CT molecular complexity index is 917. The van der Waals surface area contributed by atoms with Gasteiger partial charge < -0.3 is 25.4 Å². The molecule has 2 rings (SSSR count). The lowest BCUT2D eigenvalue weighted by atomic mass is 10.1. The molecule has 2 aromatic carbocycles. The fourth-order valence-corrected chi connectivity index (χ4v) is 2.58. The molecule has 0 fully saturated rings. The van der Waals surface area contributed by atoms with Gasteiger partial charge in [0, 0.05) is 17.9 Å². The molecule has 160 valence electrons. The van der Waals surface area contributed by atoms with Crippen LogP contribution in [0.4, 0.5) is 21.0 Å². The minimum absolute atomic E-state index is 0.306. The number of alkyl carbamates (subject to hydrolysis) is 1. The highest BCUT2D eigenvalue weighted by Crippen LogP contribution is 2.20. The van der Waals surface area contributed by atoms with Crippen molar-refractivity contribution in [1.29, 1.82) is 0 Å². The Balaban J connectivity index is 1.92. The Morgan fingerprint density at radius 2 is 1.63 bits per heavy atom. The molecule has 0 aliphatic heterocycles. The van der Waals surface area contributed by atoms with E-state index < -0.39 is 23.7 Å². The second kappa shape index (κ2) is 9.78. The zero-order chi connectivity index (χ0) is 22.3. The van der Waals surface area contributed by atoms with Crippen molar-refractivity contribution in [2.24, 2.45) is 0 Å². The molecular weight excluding hydrogens is 386 g/mol. The Labute approximate surface area is 175 Å². The van der Waals surface area contributed by atoms with Gasteiger partial charge in [0.2, 0.25) is 0 Å². The summed E-state index contributed by atoms with van der Waals surface area (Å²) in [6.07, 6.45) is -0.492. The average molecular weight is 413 g/mol. The van der Waals surface area contributed by atoms with E-state index in [0.717, 1.165) is 5.56 Å². The lowest BCUT2D eigenvalue weighted by Crippen LogP contribution is -2.32. The van der Waals surface area contributed by atoms with Crippen LogP contribution in [0.1, 0.15) is 42.3 Å². The van der Waals surface area contributed by atoms with Gasteiger partial charge in [-0.2, -0.15) is 0 Å². The monoisotopic (exact) mass is 413 g/mol. The fraction of sp³-hybridized carbons (Fsp3) is 0.318. The number of ether oxygens (including phenoxy) is 2. The maximum atomic E-state index is 12.3. The Hall–Kier alpha value is -3.55. The van der Waals surface area contributed by atoms with Gasteiger partial charge in [0.1, 0.15) is 5.60 Å². The highest BCUT2D eigenvalue weighted by Gasteiger charge is 2.16. The first-order valence-corrected chi connectivity index (χ1v) is 9.41. The first kappa shape index (κ1) is 22.7. The molecule has 0 bridgehead atoms. The maximum absolute atomic E-state index is 12.3. The van der Waals surface area contributed by atoms with Gasteiger partial charge in [-0.25, -0.2) is 14.4 Å². The lowest BCUT2D eigenvalue weighted by Gasteiger charge is -2.19. The van der Waals surface area contributed by atoms with Crippen LogP contribution in [0.25, 0.3) is 0 Å².